The normalized spacial score (nSPS) is 19.8. The van der Waals surface area contributed by atoms with Gasteiger partial charge in [-0.1, -0.05) is 12.1 Å². The lowest BCUT2D eigenvalue weighted by atomic mass is 10.2. The molecule has 0 saturated carbocycles. The van der Waals surface area contributed by atoms with Gasteiger partial charge in [0.1, 0.15) is 24.6 Å². The van der Waals surface area contributed by atoms with E-state index in [0.717, 1.165) is 11.0 Å². The minimum atomic E-state index is -0.780. The summed E-state index contributed by atoms with van der Waals surface area (Å²) >= 11 is 3.36. The summed E-state index contributed by atoms with van der Waals surface area (Å²) in [6.07, 6.45) is -1.27. The molecule has 7 heteroatoms. The van der Waals surface area contributed by atoms with Crippen molar-refractivity contribution in [1.82, 2.24) is 10.6 Å². The van der Waals surface area contributed by atoms with Gasteiger partial charge in [0, 0.05) is 19.6 Å². The number of hydrogen-bond acceptors (Lipinski definition) is 5. The summed E-state index contributed by atoms with van der Waals surface area (Å²) in [5.74, 6) is 0.435. The Hall–Kier alpha value is -1.15. The van der Waals surface area contributed by atoms with E-state index in [9.17, 15) is 9.90 Å². The molecule has 2 unspecified atom stereocenters. The first-order valence-electron chi connectivity index (χ1n) is 6.82. The average molecular weight is 359 g/mol. The van der Waals surface area contributed by atoms with Crippen LogP contribution in [0.3, 0.4) is 0 Å². The van der Waals surface area contributed by atoms with E-state index < -0.39 is 12.2 Å². The van der Waals surface area contributed by atoms with Crippen LogP contribution in [0.2, 0.25) is 0 Å². The molecule has 3 N–H and O–H groups in total. The first kappa shape index (κ1) is 16.2. The molecule has 0 bridgehead atoms. The van der Waals surface area contributed by atoms with Crippen LogP contribution >= 0.6 is 15.9 Å². The quantitative estimate of drug-likeness (QED) is 0.681. The summed E-state index contributed by atoms with van der Waals surface area (Å²) in [6, 6.07) is 7.39. The third-order valence-electron chi connectivity index (χ3n) is 3.00. The Labute approximate surface area is 131 Å². The van der Waals surface area contributed by atoms with Gasteiger partial charge in [-0.2, -0.15) is 0 Å². The SMILES string of the molecule is O=C(NCC(O)COc1ccccc1Br)C1CNCCO1. The largest absolute Gasteiger partial charge is 0.490 e. The van der Waals surface area contributed by atoms with Gasteiger partial charge in [-0.25, -0.2) is 0 Å². The number of aliphatic hydroxyl groups is 1. The Kier molecular flexibility index (Phi) is 6.44. The lowest BCUT2D eigenvalue weighted by Crippen LogP contribution is -2.49. The molecule has 116 valence electrons. The van der Waals surface area contributed by atoms with E-state index in [1.807, 2.05) is 18.2 Å². The van der Waals surface area contributed by atoms with Crippen LogP contribution in [0, 0.1) is 0 Å². The highest BCUT2D eigenvalue weighted by atomic mass is 79.9. The molecule has 1 heterocycles. The molecule has 0 radical (unpaired) electrons. The van der Waals surface area contributed by atoms with Gasteiger partial charge in [-0.15, -0.1) is 0 Å². The van der Waals surface area contributed by atoms with E-state index in [-0.39, 0.29) is 19.1 Å². The van der Waals surface area contributed by atoms with Crippen molar-refractivity contribution in [2.75, 3.05) is 32.8 Å². The van der Waals surface area contributed by atoms with E-state index in [2.05, 4.69) is 26.6 Å². The summed E-state index contributed by atoms with van der Waals surface area (Å²) in [4.78, 5) is 11.8. The van der Waals surface area contributed by atoms with Crippen LogP contribution < -0.4 is 15.4 Å². The zero-order valence-corrected chi connectivity index (χ0v) is 13.1. The maximum atomic E-state index is 11.8. The second-order valence-electron chi connectivity index (χ2n) is 4.70. The van der Waals surface area contributed by atoms with Crippen LogP contribution in [0.4, 0.5) is 0 Å². The Balaban J connectivity index is 1.68. The number of morpholine rings is 1. The molecule has 1 aliphatic heterocycles. The number of amides is 1. The van der Waals surface area contributed by atoms with Gasteiger partial charge in [0.25, 0.3) is 5.91 Å². The highest BCUT2D eigenvalue weighted by molar-refractivity contribution is 9.10. The second-order valence-corrected chi connectivity index (χ2v) is 5.56. The minimum absolute atomic E-state index is 0.104. The number of rotatable bonds is 6. The predicted molar refractivity (Wildman–Crippen MR) is 81.3 cm³/mol. The average Bonchev–Trinajstić information content (AvgIpc) is 2.52. The number of ether oxygens (including phenoxy) is 2. The van der Waals surface area contributed by atoms with Gasteiger partial charge in [-0.05, 0) is 28.1 Å². The van der Waals surface area contributed by atoms with E-state index in [4.69, 9.17) is 9.47 Å². The van der Waals surface area contributed by atoms with E-state index in [1.54, 1.807) is 6.07 Å². The van der Waals surface area contributed by atoms with Crippen LogP contribution in [0.1, 0.15) is 0 Å². The lowest BCUT2D eigenvalue weighted by molar-refractivity contribution is -0.134. The Bertz CT molecular complexity index is 466. The van der Waals surface area contributed by atoms with Crippen molar-refractivity contribution in [3.63, 3.8) is 0 Å². The third-order valence-corrected chi connectivity index (χ3v) is 3.65. The van der Waals surface area contributed by atoms with Crippen molar-refractivity contribution in [3.8, 4) is 5.75 Å². The molecule has 1 aliphatic rings. The van der Waals surface area contributed by atoms with E-state index >= 15 is 0 Å². The van der Waals surface area contributed by atoms with E-state index in [1.165, 1.54) is 0 Å². The number of hydrogen-bond donors (Lipinski definition) is 3. The fourth-order valence-electron chi connectivity index (χ4n) is 1.87. The van der Waals surface area contributed by atoms with Crippen molar-refractivity contribution < 1.29 is 19.4 Å². The fraction of sp³-hybridized carbons (Fsp3) is 0.500. The molecule has 1 amide bonds. The standard InChI is InChI=1S/C14H19BrN2O4/c15-11-3-1-2-4-12(11)21-9-10(18)7-17-14(19)13-8-16-5-6-20-13/h1-4,10,13,16,18H,5-9H2,(H,17,19). The molecule has 0 aromatic heterocycles. The number of aliphatic hydroxyl groups excluding tert-OH is 1. The maximum Gasteiger partial charge on any atom is 0.250 e. The summed E-state index contributed by atoms with van der Waals surface area (Å²) in [6.45, 7) is 2.00. The zero-order chi connectivity index (χ0) is 15.1. The molecule has 1 fully saturated rings. The smallest absolute Gasteiger partial charge is 0.250 e. The topological polar surface area (TPSA) is 79.8 Å². The molecular formula is C14H19BrN2O4. The molecule has 1 saturated heterocycles. The Morgan fingerprint density at radius 3 is 3.10 bits per heavy atom. The van der Waals surface area contributed by atoms with Gasteiger partial charge < -0.3 is 25.2 Å². The van der Waals surface area contributed by atoms with Crippen molar-refractivity contribution in [3.05, 3.63) is 28.7 Å². The molecule has 0 aliphatic carbocycles. The summed E-state index contributed by atoms with van der Waals surface area (Å²) in [7, 11) is 0. The number of benzene rings is 1. The van der Waals surface area contributed by atoms with Crippen LogP contribution in [-0.2, 0) is 9.53 Å². The second kappa shape index (κ2) is 8.33. The highest BCUT2D eigenvalue weighted by Crippen LogP contribution is 2.23. The number of carbonyl (C=O) groups excluding carboxylic acids is 1. The first-order valence-corrected chi connectivity index (χ1v) is 7.61. The number of carbonyl (C=O) groups is 1. The summed E-state index contributed by atoms with van der Waals surface area (Å²) < 4.78 is 11.6. The molecule has 2 rings (SSSR count). The lowest BCUT2D eigenvalue weighted by Gasteiger charge is -2.23. The molecule has 0 spiro atoms. The molecule has 21 heavy (non-hydrogen) atoms. The minimum Gasteiger partial charge on any atom is -0.490 e. The molecule has 2 atom stereocenters. The third kappa shape index (κ3) is 5.28. The zero-order valence-electron chi connectivity index (χ0n) is 11.5. The van der Waals surface area contributed by atoms with Crippen LogP contribution in [0.15, 0.2) is 28.7 Å². The van der Waals surface area contributed by atoms with Crippen LogP contribution in [-0.4, -0.2) is 56.1 Å². The van der Waals surface area contributed by atoms with Gasteiger partial charge in [-0.3, -0.25) is 4.79 Å². The number of halogens is 1. The summed E-state index contributed by atoms with van der Waals surface area (Å²) in [5, 5.41) is 15.6. The van der Waals surface area contributed by atoms with Crippen molar-refractivity contribution >= 4 is 21.8 Å². The van der Waals surface area contributed by atoms with Crippen LogP contribution in [0.25, 0.3) is 0 Å². The Morgan fingerprint density at radius 1 is 1.57 bits per heavy atom. The van der Waals surface area contributed by atoms with Gasteiger partial charge in [0.15, 0.2) is 0 Å². The van der Waals surface area contributed by atoms with Crippen LogP contribution in [0.5, 0.6) is 5.75 Å². The molecule has 1 aromatic rings. The fourth-order valence-corrected chi connectivity index (χ4v) is 2.27. The molecule has 1 aromatic carbocycles. The predicted octanol–water partition coefficient (Wildman–Crippen LogP) is 0.293. The van der Waals surface area contributed by atoms with Gasteiger partial charge >= 0.3 is 0 Å². The van der Waals surface area contributed by atoms with Crippen molar-refractivity contribution in [2.45, 2.75) is 12.2 Å². The van der Waals surface area contributed by atoms with Gasteiger partial charge in [0.05, 0.1) is 11.1 Å². The highest BCUT2D eigenvalue weighted by Gasteiger charge is 2.22. The Morgan fingerprint density at radius 2 is 2.38 bits per heavy atom. The van der Waals surface area contributed by atoms with Crippen molar-refractivity contribution in [2.24, 2.45) is 0 Å². The maximum absolute atomic E-state index is 11.8. The molecular weight excluding hydrogens is 340 g/mol. The van der Waals surface area contributed by atoms with E-state index in [0.29, 0.717) is 18.9 Å². The number of para-hydroxylation sites is 1. The van der Waals surface area contributed by atoms with Crippen molar-refractivity contribution in [1.29, 1.82) is 0 Å². The van der Waals surface area contributed by atoms with Gasteiger partial charge in [0.2, 0.25) is 0 Å². The summed E-state index contributed by atoms with van der Waals surface area (Å²) in [5.41, 5.74) is 0. The number of nitrogens with one attached hydrogen (secondary N) is 2. The first-order chi connectivity index (χ1) is 10.2. The monoisotopic (exact) mass is 358 g/mol. The molecule has 6 nitrogen and oxygen atoms in total.